The van der Waals surface area contributed by atoms with E-state index in [0.717, 1.165) is 31.6 Å². The molecule has 0 heterocycles. The number of rotatable bonds is 6. The minimum Gasteiger partial charge on any atom is -0.380 e. The van der Waals surface area contributed by atoms with E-state index in [0.29, 0.717) is 0 Å². The van der Waals surface area contributed by atoms with Gasteiger partial charge < -0.3 is 10.1 Å². The number of alkyl halides is 1. The summed E-state index contributed by atoms with van der Waals surface area (Å²) in [5.74, 6) is 1.60. The molecule has 1 fully saturated rings. The van der Waals surface area contributed by atoms with Crippen molar-refractivity contribution in [3.63, 3.8) is 0 Å². The average Bonchev–Trinajstić information content (AvgIpc) is 2.28. The molecule has 0 saturated heterocycles. The quantitative estimate of drug-likeness (QED) is 0.563. The van der Waals surface area contributed by atoms with Crippen molar-refractivity contribution in [2.24, 2.45) is 5.92 Å². The molecule has 3 heteroatoms. The molecule has 15 heavy (non-hydrogen) atoms. The van der Waals surface area contributed by atoms with Gasteiger partial charge in [0.1, 0.15) is 0 Å². The Morgan fingerprint density at radius 1 is 1.40 bits per heavy atom. The van der Waals surface area contributed by atoms with E-state index in [1.165, 1.54) is 25.7 Å². The lowest BCUT2D eigenvalue weighted by Gasteiger charge is -2.39. The van der Waals surface area contributed by atoms with E-state index in [-0.39, 0.29) is 5.54 Å². The highest BCUT2D eigenvalue weighted by molar-refractivity contribution is 6.18. The minimum atomic E-state index is 0.186. The molecule has 1 N–H and O–H groups in total. The van der Waals surface area contributed by atoms with E-state index >= 15 is 0 Å². The van der Waals surface area contributed by atoms with Gasteiger partial charge in [0.05, 0.1) is 6.61 Å². The summed E-state index contributed by atoms with van der Waals surface area (Å²) in [5, 5.41) is 3.58. The lowest BCUT2D eigenvalue weighted by atomic mass is 9.78. The summed E-state index contributed by atoms with van der Waals surface area (Å²) in [5.41, 5.74) is 0.186. The Kier molecular flexibility index (Phi) is 5.95. The fraction of sp³-hybridized carbons (Fsp3) is 1.00. The lowest BCUT2D eigenvalue weighted by molar-refractivity contribution is 0.132. The van der Waals surface area contributed by atoms with Crippen LogP contribution < -0.4 is 5.32 Å². The first-order valence-electron chi connectivity index (χ1n) is 6.11. The Morgan fingerprint density at radius 2 is 2.07 bits per heavy atom. The van der Waals surface area contributed by atoms with Crippen molar-refractivity contribution in [3.8, 4) is 0 Å². The zero-order valence-corrected chi connectivity index (χ0v) is 10.8. The average molecular weight is 234 g/mol. The highest BCUT2D eigenvalue weighted by Crippen LogP contribution is 2.32. The van der Waals surface area contributed by atoms with Crippen LogP contribution >= 0.6 is 11.6 Å². The van der Waals surface area contributed by atoms with Crippen LogP contribution in [0.25, 0.3) is 0 Å². The molecule has 1 aliphatic carbocycles. The topological polar surface area (TPSA) is 21.3 Å². The van der Waals surface area contributed by atoms with Crippen LogP contribution in [0.3, 0.4) is 0 Å². The molecule has 0 amide bonds. The highest BCUT2D eigenvalue weighted by Gasteiger charge is 2.32. The van der Waals surface area contributed by atoms with Gasteiger partial charge in [-0.15, -0.1) is 11.6 Å². The SMILES string of the molecule is CCOCCNC1(CCl)CCC(C)CC1. The third-order valence-corrected chi connectivity index (χ3v) is 3.95. The van der Waals surface area contributed by atoms with E-state index in [1.54, 1.807) is 0 Å². The molecule has 0 bridgehead atoms. The summed E-state index contributed by atoms with van der Waals surface area (Å²) in [7, 11) is 0. The van der Waals surface area contributed by atoms with E-state index in [4.69, 9.17) is 16.3 Å². The Morgan fingerprint density at radius 3 is 2.60 bits per heavy atom. The Labute approximate surface area is 98.7 Å². The zero-order valence-electron chi connectivity index (χ0n) is 10.0. The number of ether oxygens (including phenoxy) is 1. The Hall–Kier alpha value is 0.210. The normalized spacial score (nSPS) is 31.8. The van der Waals surface area contributed by atoms with Gasteiger partial charge in [0.15, 0.2) is 0 Å². The molecule has 0 aromatic carbocycles. The van der Waals surface area contributed by atoms with E-state index < -0.39 is 0 Å². The third-order valence-electron chi connectivity index (χ3n) is 3.44. The molecule has 1 saturated carbocycles. The van der Waals surface area contributed by atoms with Crippen molar-refractivity contribution in [2.75, 3.05) is 25.6 Å². The minimum absolute atomic E-state index is 0.186. The summed E-state index contributed by atoms with van der Waals surface area (Å²) >= 11 is 6.09. The van der Waals surface area contributed by atoms with Crippen LogP contribution in [0, 0.1) is 5.92 Å². The first kappa shape index (κ1) is 13.3. The number of hydrogen-bond donors (Lipinski definition) is 1. The molecule has 0 unspecified atom stereocenters. The van der Waals surface area contributed by atoms with Crippen molar-refractivity contribution < 1.29 is 4.74 Å². The molecule has 0 atom stereocenters. The molecule has 0 aliphatic heterocycles. The van der Waals surface area contributed by atoms with E-state index in [9.17, 15) is 0 Å². The van der Waals surface area contributed by atoms with Crippen LogP contribution in [0.4, 0.5) is 0 Å². The Bertz CT molecular complexity index is 167. The largest absolute Gasteiger partial charge is 0.380 e. The lowest BCUT2D eigenvalue weighted by Crippen LogP contribution is -2.50. The molecule has 90 valence electrons. The summed E-state index contributed by atoms with van der Waals surface area (Å²) in [4.78, 5) is 0. The van der Waals surface area contributed by atoms with Crippen molar-refractivity contribution in [1.82, 2.24) is 5.32 Å². The van der Waals surface area contributed by atoms with E-state index in [1.807, 2.05) is 6.92 Å². The second-order valence-corrected chi connectivity index (χ2v) is 4.99. The van der Waals surface area contributed by atoms with Crippen LogP contribution in [0.15, 0.2) is 0 Å². The molecule has 1 rings (SSSR count). The van der Waals surface area contributed by atoms with Crippen LogP contribution in [0.2, 0.25) is 0 Å². The maximum Gasteiger partial charge on any atom is 0.0590 e. The molecule has 0 aromatic rings. The summed E-state index contributed by atoms with van der Waals surface area (Å²) in [6, 6.07) is 0. The standard InChI is InChI=1S/C12H24ClNO/c1-3-15-9-8-14-12(10-13)6-4-11(2)5-7-12/h11,14H,3-10H2,1-2H3. The summed E-state index contributed by atoms with van der Waals surface area (Å²) in [6.07, 6.45) is 5.02. The fourth-order valence-corrected chi connectivity index (χ4v) is 2.57. The molecular weight excluding hydrogens is 210 g/mol. The van der Waals surface area contributed by atoms with Crippen molar-refractivity contribution in [2.45, 2.75) is 45.1 Å². The van der Waals surface area contributed by atoms with E-state index in [2.05, 4.69) is 12.2 Å². The van der Waals surface area contributed by atoms with Crippen molar-refractivity contribution in [1.29, 1.82) is 0 Å². The predicted molar refractivity (Wildman–Crippen MR) is 65.6 cm³/mol. The van der Waals surface area contributed by atoms with Gasteiger partial charge >= 0.3 is 0 Å². The first-order valence-corrected chi connectivity index (χ1v) is 6.64. The predicted octanol–water partition coefficient (Wildman–Crippen LogP) is 2.80. The summed E-state index contributed by atoms with van der Waals surface area (Å²) < 4.78 is 5.33. The molecule has 2 nitrogen and oxygen atoms in total. The van der Waals surface area contributed by atoms with Crippen LogP contribution in [-0.4, -0.2) is 31.2 Å². The van der Waals surface area contributed by atoms with Gasteiger partial charge in [-0.1, -0.05) is 6.92 Å². The zero-order chi connectivity index (χ0) is 11.1. The molecule has 0 radical (unpaired) electrons. The van der Waals surface area contributed by atoms with Gasteiger partial charge in [-0.25, -0.2) is 0 Å². The van der Waals surface area contributed by atoms with Crippen molar-refractivity contribution in [3.05, 3.63) is 0 Å². The fourth-order valence-electron chi connectivity index (χ4n) is 2.21. The van der Waals surface area contributed by atoms with Gasteiger partial charge in [0.25, 0.3) is 0 Å². The second-order valence-electron chi connectivity index (χ2n) is 4.72. The maximum absolute atomic E-state index is 6.09. The number of nitrogens with one attached hydrogen (secondary N) is 1. The number of hydrogen-bond acceptors (Lipinski definition) is 2. The van der Waals surface area contributed by atoms with Crippen LogP contribution in [0.5, 0.6) is 0 Å². The second kappa shape index (κ2) is 6.72. The molecule has 0 spiro atoms. The first-order chi connectivity index (χ1) is 7.22. The van der Waals surface area contributed by atoms with Crippen molar-refractivity contribution >= 4 is 11.6 Å². The highest BCUT2D eigenvalue weighted by atomic mass is 35.5. The van der Waals surface area contributed by atoms with Gasteiger partial charge in [0, 0.05) is 24.6 Å². The van der Waals surface area contributed by atoms with Gasteiger partial charge in [0.2, 0.25) is 0 Å². The monoisotopic (exact) mass is 233 g/mol. The maximum atomic E-state index is 6.09. The third kappa shape index (κ3) is 4.29. The van der Waals surface area contributed by atoms with Crippen LogP contribution in [-0.2, 0) is 4.74 Å². The molecule has 0 aromatic heterocycles. The smallest absolute Gasteiger partial charge is 0.0590 e. The Balaban J connectivity index is 2.27. The summed E-state index contributed by atoms with van der Waals surface area (Å²) in [6.45, 7) is 6.88. The van der Waals surface area contributed by atoms with Gasteiger partial charge in [-0.3, -0.25) is 0 Å². The van der Waals surface area contributed by atoms with Gasteiger partial charge in [-0.05, 0) is 38.5 Å². The van der Waals surface area contributed by atoms with Gasteiger partial charge in [-0.2, -0.15) is 0 Å². The van der Waals surface area contributed by atoms with Crippen LogP contribution in [0.1, 0.15) is 39.5 Å². The molecular formula is C12H24ClNO. The molecule has 1 aliphatic rings. The number of halogens is 1.